The molecule has 0 atom stereocenters. The van der Waals surface area contributed by atoms with Gasteiger partial charge in [0.2, 0.25) is 0 Å². The van der Waals surface area contributed by atoms with Gasteiger partial charge in [0.25, 0.3) is 5.91 Å². The number of carbonyl (C=O) groups is 2. The Bertz CT molecular complexity index is 1280. The number of esters is 1. The molecule has 1 amide bonds. The first kappa shape index (κ1) is 22.8. The van der Waals surface area contributed by atoms with E-state index in [1.807, 2.05) is 42.5 Å². The van der Waals surface area contributed by atoms with Gasteiger partial charge in [0, 0.05) is 11.6 Å². The van der Waals surface area contributed by atoms with Gasteiger partial charge in [-0.2, -0.15) is 5.10 Å². The van der Waals surface area contributed by atoms with Crippen molar-refractivity contribution >= 4 is 17.7 Å². The summed E-state index contributed by atoms with van der Waals surface area (Å²) < 4.78 is 6.71. The van der Waals surface area contributed by atoms with Gasteiger partial charge >= 0.3 is 5.97 Å². The van der Waals surface area contributed by atoms with Gasteiger partial charge in [0.05, 0.1) is 11.4 Å². The first-order chi connectivity index (χ1) is 16.5. The highest BCUT2D eigenvalue weighted by Crippen LogP contribution is 2.25. The van der Waals surface area contributed by atoms with Crippen LogP contribution in [0, 0.1) is 0 Å². The van der Waals surface area contributed by atoms with Crippen LogP contribution < -0.4 is 5.32 Å². The summed E-state index contributed by atoms with van der Waals surface area (Å²) in [5.74, 6) is -1.06. The van der Waals surface area contributed by atoms with Crippen LogP contribution >= 0.6 is 0 Å². The predicted octanol–water partition coefficient (Wildman–Crippen LogP) is 4.99. The first-order valence-electron chi connectivity index (χ1n) is 11.0. The van der Waals surface area contributed by atoms with Gasteiger partial charge in [0.15, 0.2) is 6.61 Å². The Kier molecular flexibility index (Phi) is 7.03. The number of phenols is 1. The Balaban J connectivity index is 1.53. The predicted molar refractivity (Wildman–Crippen MR) is 130 cm³/mol. The third-order valence-electron chi connectivity index (χ3n) is 5.22. The maximum atomic E-state index is 12.6. The van der Waals surface area contributed by atoms with Crippen molar-refractivity contribution in [1.82, 2.24) is 9.78 Å². The number of aromatic nitrogens is 2. The number of aryl methyl sites for hydroxylation is 1. The molecule has 7 heteroatoms. The molecule has 0 radical (unpaired) electrons. The molecule has 0 unspecified atom stereocenters. The number of para-hydroxylation sites is 2. The lowest BCUT2D eigenvalue weighted by Gasteiger charge is -2.09. The minimum atomic E-state index is -0.780. The average Bonchev–Trinajstić information content (AvgIpc) is 3.27. The maximum absolute atomic E-state index is 12.6. The lowest BCUT2D eigenvalue weighted by molar-refractivity contribution is -0.119. The fourth-order valence-corrected chi connectivity index (χ4v) is 3.54. The molecule has 0 saturated carbocycles. The largest absolute Gasteiger partial charge is 0.507 e. The van der Waals surface area contributed by atoms with E-state index in [-0.39, 0.29) is 11.3 Å². The van der Waals surface area contributed by atoms with Crippen LogP contribution in [0.5, 0.6) is 5.75 Å². The normalized spacial score (nSPS) is 10.6. The highest BCUT2D eigenvalue weighted by molar-refractivity contribution is 5.96. The molecule has 0 bridgehead atoms. The second-order valence-corrected chi connectivity index (χ2v) is 7.75. The molecule has 34 heavy (non-hydrogen) atoms. The first-order valence-corrected chi connectivity index (χ1v) is 11.0. The fraction of sp³-hybridized carbons (Fsp3) is 0.148. The van der Waals surface area contributed by atoms with Gasteiger partial charge in [-0.3, -0.25) is 4.79 Å². The van der Waals surface area contributed by atoms with Crippen LogP contribution in [0.2, 0.25) is 0 Å². The molecule has 1 aromatic heterocycles. The highest BCUT2D eigenvalue weighted by atomic mass is 16.5. The number of phenolic OH excluding ortho intramolecular Hbond substituents is 1. The number of rotatable bonds is 8. The Labute approximate surface area is 197 Å². The van der Waals surface area contributed by atoms with E-state index in [1.54, 1.807) is 22.9 Å². The second-order valence-electron chi connectivity index (χ2n) is 7.75. The molecule has 7 nitrogen and oxygen atoms in total. The van der Waals surface area contributed by atoms with Crippen molar-refractivity contribution in [3.8, 4) is 22.7 Å². The molecule has 0 aliphatic heterocycles. The number of nitrogens with zero attached hydrogens (tertiary/aromatic N) is 2. The smallest absolute Gasteiger partial charge is 0.342 e. The minimum absolute atomic E-state index is 0.00145. The minimum Gasteiger partial charge on any atom is -0.507 e. The Hall–Kier alpha value is -4.39. The van der Waals surface area contributed by atoms with E-state index >= 15 is 0 Å². The number of ether oxygens (including phenoxy) is 1. The lowest BCUT2D eigenvalue weighted by atomic mass is 10.1. The molecular weight excluding hydrogens is 430 g/mol. The van der Waals surface area contributed by atoms with E-state index in [2.05, 4.69) is 24.4 Å². The van der Waals surface area contributed by atoms with Crippen molar-refractivity contribution in [2.45, 2.75) is 19.8 Å². The van der Waals surface area contributed by atoms with Crippen molar-refractivity contribution in [3.63, 3.8) is 0 Å². The number of hydrogen-bond donors (Lipinski definition) is 2. The van der Waals surface area contributed by atoms with Crippen LogP contribution in [-0.4, -0.2) is 33.4 Å². The summed E-state index contributed by atoms with van der Waals surface area (Å²) in [7, 11) is 0. The zero-order valence-corrected chi connectivity index (χ0v) is 18.8. The third kappa shape index (κ3) is 5.32. The van der Waals surface area contributed by atoms with E-state index in [4.69, 9.17) is 9.84 Å². The van der Waals surface area contributed by atoms with Crippen LogP contribution in [0.1, 0.15) is 29.3 Å². The molecule has 2 N–H and O–H groups in total. The van der Waals surface area contributed by atoms with Crippen molar-refractivity contribution in [1.29, 1.82) is 0 Å². The van der Waals surface area contributed by atoms with Crippen LogP contribution in [0.3, 0.4) is 0 Å². The van der Waals surface area contributed by atoms with Gasteiger partial charge in [-0.15, -0.1) is 0 Å². The number of hydrogen-bond acceptors (Lipinski definition) is 5. The van der Waals surface area contributed by atoms with Gasteiger partial charge in [0.1, 0.15) is 17.1 Å². The summed E-state index contributed by atoms with van der Waals surface area (Å²) in [6.45, 7) is 1.64. The summed E-state index contributed by atoms with van der Waals surface area (Å²) in [6, 6.07) is 25.4. The number of anilines is 1. The second kappa shape index (κ2) is 10.5. The van der Waals surface area contributed by atoms with E-state index in [0.29, 0.717) is 11.5 Å². The summed E-state index contributed by atoms with van der Waals surface area (Å²) >= 11 is 0. The average molecular weight is 456 g/mol. The maximum Gasteiger partial charge on any atom is 0.342 e. The Morgan fingerprint density at radius 3 is 2.38 bits per heavy atom. The number of carbonyl (C=O) groups excluding carboxylic acids is 2. The Morgan fingerprint density at radius 2 is 1.68 bits per heavy atom. The van der Waals surface area contributed by atoms with Crippen LogP contribution in [0.15, 0.2) is 84.9 Å². The molecule has 1 heterocycles. The van der Waals surface area contributed by atoms with Crippen LogP contribution in [0.25, 0.3) is 16.9 Å². The van der Waals surface area contributed by atoms with E-state index in [9.17, 15) is 14.7 Å². The monoisotopic (exact) mass is 455 g/mol. The van der Waals surface area contributed by atoms with Gasteiger partial charge in [-0.1, -0.05) is 67.9 Å². The summed E-state index contributed by atoms with van der Waals surface area (Å²) in [4.78, 5) is 24.8. The zero-order valence-electron chi connectivity index (χ0n) is 18.8. The SMILES string of the molecule is CCCc1ccc(-c2cc(NC(=O)COC(=O)c3ccccc3O)n(-c3ccccc3)n2)cc1. The molecule has 0 aliphatic carbocycles. The number of amides is 1. The summed E-state index contributed by atoms with van der Waals surface area (Å²) in [6.07, 6.45) is 2.09. The quantitative estimate of drug-likeness (QED) is 0.365. The lowest BCUT2D eigenvalue weighted by Crippen LogP contribution is -2.22. The molecule has 0 saturated heterocycles. The highest BCUT2D eigenvalue weighted by Gasteiger charge is 2.17. The number of aromatic hydroxyl groups is 1. The summed E-state index contributed by atoms with van der Waals surface area (Å²) in [5, 5.41) is 17.3. The molecule has 0 fully saturated rings. The number of benzene rings is 3. The standard InChI is InChI=1S/C27H25N3O4/c1-2-8-19-13-15-20(16-14-19)23-17-25(30(29-23)21-9-4-3-5-10-21)28-26(32)18-34-27(33)22-11-6-7-12-24(22)31/h3-7,9-17,31H,2,8,18H2,1H3,(H,28,32). The summed E-state index contributed by atoms with van der Waals surface area (Å²) in [5.41, 5.74) is 3.66. The van der Waals surface area contributed by atoms with Crippen molar-refractivity contribution in [3.05, 3.63) is 96.1 Å². The van der Waals surface area contributed by atoms with Gasteiger partial charge < -0.3 is 15.2 Å². The van der Waals surface area contributed by atoms with Crippen molar-refractivity contribution in [2.24, 2.45) is 0 Å². The van der Waals surface area contributed by atoms with Crippen LogP contribution in [0.4, 0.5) is 5.82 Å². The Morgan fingerprint density at radius 1 is 0.971 bits per heavy atom. The molecular formula is C27H25N3O4. The van der Waals surface area contributed by atoms with Gasteiger partial charge in [-0.05, 0) is 36.2 Å². The molecule has 172 valence electrons. The van der Waals surface area contributed by atoms with E-state index in [0.717, 1.165) is 24.1 Å². The van der Waals surface area contributed by atoms with Crippen molar-refractivity contribution in [2.75, 3.05) is 11.9 Å². The van der Waals surface area contributed by atoms with E-state index < -0.39 is 18.5 Å². The van der Waals surface area contributed by atoms with Gasteiger partial charge in [-0.25, -0.2) is 9.48 Å². The molecule has 4 aromatic rings. The zero-order chi connectivity index (χ0) is 23.9. The topological polar surface area (TPSA) is 93.5 Å². The fourth-order valence-electron chi connectivity index (χ4n) is 3.54. The molecule has 4 rings (SSSR count). The molecule has 3 aromatic carbocycles. The molecule has 0 spiro atoms. The molecule has 0 aliphatic rings. The number of nitrogens with one attached hydrogen (secondary N) is 1. The van der Waals surface area contributed by atoms with E-state index in [1.165, 1.54) is 17.7 Å². The van der Waals surface area contributed by atoms with Crippen molar-refractivity contribution < 1.29 is 19.4 Å². The van der Waals surface area contributed by atoms with Crippen LogP contribution in [-0.2, 0) is 16.0 Å². The third-order valence-corrected chi connectivity index (χ3v) is 5.22.